The van der Waals surface area contributed by atoms with E-state index >= 15 is 0 Å². The lowest BCUT2D eigenvalue weighted by molar-refractivity contribution is 0.237. The third kappa shape index (κ3) is 4.28. The fourth-order valence-electron chi connectivity index (χ4n) is 5.16. The van der Waals surface area contributed by atoms with Crippen LogP contribution < -0.4 is 4.74 Å². The monoisotopic (exact) mass is 506 g/mol. The maximum Gasteiger partial charge on any atom is 0.138 e. The van der Waals surface area contributed by atoms with Crippen LogP contribution in [0.1, 0.15) is 12.8 Å². The summed E-state index contributed by atoms with van der Waals surface area (Å²) in [5, 5.41) is 12.1. The van der Waals surface area contributed by atoms with Crippen molar-refractivity contribution in [2.45, 2.75) is 12.8 Å². The molecule has 1 aliphatic heterocycles. The van der Waals surface area contributed by atoms with Crippen LogP contribution in [0.5, 0.6) is 5.75 Å². The number of aromatic nitrogens is 5. The second-order valence-electron chi connectivity index (χ2n) is 9.45. The number of fused-ring (bicyclic) bond motifs is 2. The summed E-state index contributed by atoms with van der Waals surface area (Å²) in [6, 6.07) is 14.8. The molecular formula is C29H26N6OS. The van der Waals surface area contributed by atoms with E-state index in [1.165, 1.54) is 30.8 Å². The highest BCUT2D eigenvalue weighted by atomic mass is 32.1. The van der Waals surface area contributed by atoms with Gasteiger partial charge in [0.05, 0.1) is 29.1 Å². The van der Waals surface area contributed by atoms with Crippen LogP contribution in [0.4, 0.5) is 0 Å². The van der Waals surface area contributed by atoms with Gasteiger partial charge >= 0.3 is 0 Å². The first-order valence-corrected chi connectivity index (χ1v) is 13.5. The Balaban J connectivity index is 1.20. The second kappa shape index (κ2) is 9.46. The molecule has 8 heteroatoms. The SMILES string of the molecule is c1csc(-c2cncc3[nH]c(-c4n[nH]c5ccc(-c6cncc(OCCN7CCCC7)c6)cc45)cc23)c1. The summed E-state index contributed by atoms with van der Waals surface area (Å²) in [4.78, 5) is 16.1. The zero-order valence-corrected chi connectivity index (χ0v) is 21.1. The van der Waals surface area contributed by atoms with Crippen molar-refractivity contribution >= 4 is 33.1 Å². The van der Waals surface area contributed by atoms with Crippen LogP contribution in [-0.2, 0) is 0 Å². The van der Waals surface area contributed by atoms with Gasteiger partial charge in [-0.25, -0.2) is 0 Å². The first-order valence-electron chi connectivity index (χ1n) is 12.6. The summed E-state index contributed by atoms with van der Waals surface area (Å²) in [7, 11) is 0. The van der Waals surface area contributed by atoms with Gasteiger partial charge in [-0.2, -0.15) is 5.10 Å². The number of rotatable bonds is 7. The third-order valence-electron chi connectivity index (χ3n) is 7.07. The smallest absolute Gasteiger partial charge is 0.138 e. The first-order chi connectivity index (χ1) is 18.3. The molecule has 184 valence electrons. The molecule has 0 atom stereocenters. The summed E-state index contributed by atoms with van der Waals surface area (Å²) >= 11 is 1.72. The van der Waals surface area contributed by atoms with Crippen molar-refractivity contribution in [3.05, 3.63) is 72.6 Å². The van der Waals surface area contributed by atoms with E-state index in [2.05, 4.69) is 77.9 Å². The van der Waals surface area contributed by atoms with Gasteiger partial charge in [0.2, 0.25) is 0 Å². The molecular weight excluding hydrogens is 480 g/mol. The number of nitrogens with zero attached hydrogens (tertiary/aromatic N) is 4. The minimum atomic E-state index is 0.679. The fourth-order valence-corrected chi connectivity index (χ4v) is 5.91. The predicted octanol–water partition coefficient (Wildman–Crippen LogP) is 6.37. The van der Waals surface area contributed by atoms with Gasteiger partial charge in [0.1, 0.15) is 18.1 Å². The van der Waals surface area contributed by atoms with Crippen LogP contribution in [0.2, 0.25) is 0 Å². The molecule has 1 aliphatic rings. The highest BCUT2D eigenvalue weighted by Gasteiger charge is 2.15. The van der Waals surface area contributed by atoms with E-state index in [-0.39, 0.29) is 0 Å². The largest absolute Gasteiger partial charge is 0.491 e. The zero-order chi connectivity index (χ0) is 24.6. The number of benzene rings is 1. The van der Waals surface area contributed by atoms with E-state index in [0.29, 0.717) is 6.61 Å². The van der Waals surface area contributed by atoms with Gasteiger partial charge in [-0.1, -0.05) is 12.1 Å². The Bertz CT molecular complexity index is 1680. The minimum Gasteiger partial charge on any atom is -0.491 e. The van der Waals surface area contributed by atoms with Crippen molar-refractivity contribution in [2.24, 2.45) is 0 Å². The molecule has 1 fully saturated rings. The lowest BCUT2D eigenvalue weighted by Gasteiger charge is -2.15. The van der Waals surface area contributed by atoms with Crippen LogP contribution >= 0.6 is 11.3 Å². The molecule has 1 saturated heterocycles. The Morgan fingerprint density at radius 2 is 1.81 bits per heavy atom. The van der Waals surface area contributed by atoms with Gasteiger partial charge in [0, 0.05) is 45.7 Å². The summed E-state index contributed by atoms with van der Waals surface area (Å²) in [6.07, 6.45) is 10.1. The molecule has 0 unspecified atom stereocenters. The normalized spacial score (nSPS) is 14.2. The van der Waals surface area contributed by atoms with E-state index in [1.807, 2.05) is 18.6 Å². The van der Waals surface area contributed by atoms with E-state index in [9.17, 15) is 0 Å². The highest BCUT2D eigenvalue weighted by molar-refractivity contribution is 7.13. The van der Waals surface area contributed by atoms with Crippen molar-refractivity contribution in [3.8, 4) is 38.7 Å². The molecule has 6 aromatic rings. The van der Waals surface area contributed by atoms with Gasteiger partial charge < -0.3 is 9.72 Å². The molecule has 5 aromatic heterocycles. The topological polar surface area (TPSA) is 82.7 Å². The molecule has 2 N–H and O–H groups in total. The molecule has 6 heterocycles. The number of likely N-dealkylation sites (tertiary alicyclic amines) is 1. The Kier molecular flexibility index (Phi) is 5.68. The lowest BCUT2D eigenvalue weighted by Crippen LogP contribution is -2.25. The number of hydrogen-bond acceptors (Lipinski definition) is 6. The molecule has 7 rings (SSSR count). The number of thiophene rings is 1. The van der Waals surface area contributed by atoms with Crippen LogP contribution in [0.15, 0.2) is 72.6 Å². The van der Waals surface area contributed by atoms with Gasteiger partial charge in [0.15, 0.2) is 0 Å². The lowest BCUT2D eigenvalue weighted by atomic mass is 10.0. The van der Waals surface area contributed by atoms with E-state index < -0.39 is 0 Å². The quantitative estimate of drug-likeness (QED) is 0.263. The molecule has 0 radical (unpaired) electrons. The molecule has 0 spiro atoms. The maximum absolute atomic E-state index is 6.04. The van der Waals surface area contributed by atoms with Gasteiger partial charge in [-0.3, -0.25) is 20.0 Å². The Hall–Kier alpha value is -4.01. The number of H-pyrrole nitrogens is 2. The average Bonchev–Trinajstić information content (AvgIpc) is 3.74. The van der Waals surface area contributed by atoms with Crippen molar-refractivity contribution in [2.75, 3.05) is 26.2 Å². The van der Waals surface area contributed by atoms with E-state index in [0.717, 1.165) is 62.2 Å². The predicted molar refractivity (Wildman–Crippen MR) is 149 cm³/mol. The summed E-state index contributed by atoms with van der Waals surface area (Å²) in [5.41, 5.74) is 7.05. The molecule has 7 nitrogen and oxygen atoms in total. The number of aromatic amines is 2. The van der Waals surface area contributed by atoms with Crippen LogP contribution in [-0.4, -0.2) is 56.3 Å². The minimum absolute atomic E-state index is 0.679. The van der Waals surface area contributed by atoms with Crippen LogP contribution in [0, 0.1) is 0 Å². The van der Waals surface area contributed by atoms with Crippen molar-refractivity contribution in [1.29, 1.82) is 0 Å². The second-order valence-corrected chi connectivity index (χ2v) is 10.4. The number of nitrogens with one attached hydrogen (secondary N) is 2. The standard InChI is InChI=1S/C29H26N6OS/c1-2-8-35(7-1)9-10-36-21-12-20(15-30-16-21)19-5-6-25-23(13-19)29(34-33-25)26-14-22-24(28-4-3-11-37-28)17-31-18-27(22)32-26/h3-6,11-18,32H,1-2,7-10H2,(H,33,34). The molecule has 0 amide bonds. The molecule has 37 heavy (non-hydrogen) atoms. The van der Waals surface area contributed by atoms with E-state index in [1.54, 1.807) is 17.5 Å². The van der Waals surface area contributed by atoms with Gasteiger partial charge in [-0.05, 0) is 67.2 Å². The fraction of sp³-hybridized carbons (Fsp3) is 0.207. The number of hydrogen-bond donors (Lipinski definition) is 2. The summed E-state index contributed by atoms with van der Waals surface area (Å²) < 4.78 is 6.04. The number of ether oxygens (including phenoxy) is 1. The van der Waals surface area contributed by atoms with Crippen molar-refractivity contribution in [3.63, 3.8) is 0 Å². The Morgan fingerprint density at radius 1 is 0.892 bits per heavy atom. The molecule has 0 aliphatic carbocycles. The Morgan fingerprint density at radius 3 is 2.70 bits per heavy atom. The van der Waals surface area contributed by atoms with Gasteiger partial charge in [-0.15, -0.1) is 11.3 Å². The zero-order valence-electron chi connectivity index (χ0n) is 20.3. The maximum atomic E-state index is 6.04. The first kappa shape index (κ1) is 22.2. The van der Waals surface area contributed by atoms with Crippen molar-refractivity contribution < 1.29 is 4.74 Å². The Labute approximate surface area is 218 Å². The van der Waals surface area contributed by atoms with E-state index in [4.69, 9.17) is 4.74 Å². The molecule has 0 bridgehead atoms. The van der Waals surface area contributed by atoms with Crippen molar-refractivity contribution in [1.82, 2.24) is 30.0 Å². The molecule has 1 aromatic carbocycles. The third-order valence-corrected chi connectivity index (χ3v) is 7.97. The highest BCUT2D eigenvalue weighted by Crippen LogP contribution is 2.36. The number of pyridine rings is 2. The van der Waals surface area contributed by atoms with Gasteiger partial charge in [0.25, 0.3) is 0 Å². The summed E-state index contributed by atoms with van der Waals surface area (Å²) in [5.74, 6) is 0.799. The van der Waals surface area contributed by atoms with Crippen LogP contribution in [0.25, 0.3) is 54.8 Å². The van der Waals surface area contributed by atoms with Crippen LogP contribution in [0.3, 0.4) is 0 Å². The summed E-state index contributed by atoms with van der Waals surface area (Å²) in [6.45, 7) is 4.00. The molecule has 0 saturated carbocycles. The average molecular weight is 507 g/mol.